The molecule has 3 rings (SSSR count). The first-order valence-electron chi connectivity index (χ1n) is 9.07. The van der Waals surface area contributed by atoms with Crippen molar-refractivity contribution in [1.29, 1.82) is 0 Å². The van der Waals surface area contributed by atoms with Gasteiger partial charge in [0.15, 0.2) is 0 Å². The van der Waals surface area contributed by atoms with Crippen LogP contribution in [0.3, 0.4) is 0 Å². The molecule has 0 saturated carbocycles. The number of nitrogens with one attached hydrogen (secondary N) is 1. The first-order chi connectivity index (χ1) is 13.4. The van der Waals surface area contributed by atoms with Gasteiger partial charge in [0.05, 0.1) is 13.1 Å². The zero-order chi connectivity index (χ0) is 20.1. The Morgan fingerprint density at radius 3 is 2.39 bits per heavy atom. The van der Waals surface area contributed by atoms with Crippen molar-refractivity contribution >= 4 is 23.5 Å². The molecule has 0 bridgehead atoms. The lowest BCUT2D eigenvalue weighted by atomic mass is 10.3. The van der Waals surface area contributed by atoms with Crippen molar-refractivity contribution in [2.24, 2.45) is 0 Å². The minimum Gasteiger partial charge on any atom is -0.368 e. The van der Waals surface area contributed by atoms with E-state index in [0.29, 0.717) is 30.5 Å². The van der Waals surface area contributed by atoms with Crippen LogP contribution in [0.1, 0.15) is 5.82 Å². The van der Waals surface area contributed by atoms with Gasteiger partial charge in [-0.15, -0.1) is 0 Å². The van der Waals surface area contributed by atoms with Crippen LogP contribution < -0.4 is 16.0 Å². The highest BCUT2D eigenvalue weighted by Crippen LogP contribution is 2.11. The van der Waals surface area contributed by atoms with Gasteiger partial charge in [0, 0.05) is 46.0 Å². The van der Waals surface area contributed by atoms with E-state index < -0.39 is 0 Å². The van der Waals surface area contributed by atoms with Crippen LogP contribution in [0.25, 0.3) is 0 Å². The van der Waals surface area contributed by atoms with Crippen LogP contribution in [-0.4, -0.2) is 77.5 Å². The van der Waals surface area contributed by atoms with Crippen LogP contribution in [0.2, 0.25) is 0 Å². The molecule has 10 heteroatoms. The van der Waals surface area contributed by atoms with Gasteiger partial charge in [-0.25, -0.2) is 4.39 Å². The number of amides is 1. The smallest absolute Gasteiger partial charge is 0.238 e. The molecular formula is C18H25FN8O. The second-order valence-electron chi connectivity index (χ2n) is 6.91. The largest absolute Gasteiger partial charge is 0.368 e. The number of aromatic nitrogens is 3. The van der Waals surface area contributed by atoms with Gasteiger partial charge < -0.3 is 16.0 Å². The standard InChI is InChI=1S/C18H25FN8O/c1-25(2)18-23-15(22-17(20)24-18)11-26-7-9-27(10-8-26)12-16(28)21-14-5-3-13(19)4-6-14/h3-6H,7-12H2,1-2H3,(H,21,28)(H2,20,22,23,24). The number of rotatable bonds is 6. The van der Waals surface area contributed by atoms with Crippen LogP contribution in [0.4, 0.5) is 22.0 Å². The number of benzene rings is 1. The van der Waals surface area contributed by atoms with E-state index in [2.05, 4.69) is 30.1 Å². The summed E-state index contributed by atoms with van der Waals surface area (Å²) >= 11 is 0. The van der Waals surface area contributed by atoms with Gasteiger partial charge in [-0.05, 0) is 24.3 Å². The number of halogens is 1. The number of carbonyl (C=O) groups excluding carboxylic acids is 1. The zero-order valence-corrected chi connectivity index (χ0v) is 16.1. The molecule has 2 heterocycles. The monoisotopic (exact) mass is 388 g/mol. The van der Waals surface area contributed by atoms with E-state index in [1.165, 1.54) is 12.1 Å². The summed E-state index contributed by atoms with van der Waals surface area (Å²) in [5, 5.41) is 2.78. The van der Waals surface area contributed by atoms with Gasteiger partial charge in [0.25, 0.3) is 0 Å². The third-order valence-corrected chi connectivity index (χ3v) is 4.41. The first-order valence-corrected chi connectivity index (χ1v) is 9.07. The number of carbonyl (C=O) groups is 1. The average Bonchev–Trinajstić information content (AvgIpc) is 2.65. The van der Waals surface area contributed by atoms with E-state index in [9.17, 15) is 9.18 Å². The van der Waals surface area contributed by atoms with Crippen LogP contribution in [-0.2, 0) is 11.3 Å². The van der Waals surface area contributed by atoms with E-state index in [1.807, 2.05) is 14.1 Å². The minimum atomic E-state index is -0.327. The fraction of sp³-hybridized carbons (Fsp3) is 0.444. The van der Waals surface area contributed by atoms with Crippen LogP contribution in [0.15, 0.2) is 24.3 Å². The van der Waals surface area contributed by atoms with E-state index in [4.69, 9.17) is 5.73 Å². The molecule has 1 aliphatic rings. The van der Waals surface area contributed by atoms with Gasteiger partial charge in [-0.1, -0.05) is 0 Å². The Bertz CT molecular complexity index is 806. The van der Waals surface area contributed by atoms with Gasteiger partial charge in [0.1, 0.15) is 11.6 Å². The maximum atomic E-state index is 12.9. The molecule has 0 atom stereocenters. The van der Waals surface area contributed by atoms with Crippen molar-refractivity contribution in [3.05, 3.63) is 35.9 Å². The van der Waals surface area contributed by atoms with Crippen LogP contribution in [0.5, 0.6) is 0 Å². The van der Waals surface area contributed by atoms with Crippen molar-refractivity contribution in [2.45, 2.75) is 6.54 Å². The van der Waals surface area contributed by atoms with E-state index in [-0.39, 0.29) is 17.7 Å². The molecule has 0 unspecified atom stereocenters. The second kappa shape index (κ2) is 8.89. The molecule has 1 saturated heterocycles. The van der Waals surface area contributed by atoms with Crippen LogP contribution in [0, 0.1) is 5.82 Å². The van der Waals surface area contributed by atoms with Gasteiger partial charge in [0.2, 0.25) is 17.8 Å². The van der Waals surface area contributed by atoms with Crippen molar-refractivity contribution < 1.29 is 9.18 Å². The van der Waals surface area contributed by atoms with Gasteiger partial charge in [-0.3, -0.25) is 14.6 Å². The maximum Gasteiger partial charge on any atom is 0.238 e. The lowest BCUT2D eigenvalue weighted by molar-refractivity contribution is -0.117. The molecule has 1 amide bonds. The molecule has 2 aromatic rings. The highest BCUT2D eigenvalue weighted by molar-refractivity contribution is 5.92. The third kappa shape index (κ3) is 5.57. The molecule has 9 nitrogen and oxygen atoms in total. The highest BCUT2D eigenvalue weighted by atomic mass is 19.1. The lowest BCUT2D eigenvalue weighted by Crippen LogP contribution is -2.48. The Labute approximate surface area is 163 Å². The number of hydrogen-bond acceptors (Lipinski definition) is 8. The molecule has 1 aliphatic heterocycles. The molecule has 1 fully saturated rings. The topological polar surface area (TPSA) is 104 Å². The van der Waals surface area contributed by atoms with Crippen molar-refractivity contribution in [3.63, 3.8) is 0 Å². The Morgan fingerprint density at radius 2 is 1.75 bits per heavy atom. The summed E-state index contributed by atoms with van der Waals surface area (Å²) in [5.41, 5.74) is 6.36. The fourth-order valence-electron chi connectivity index (χ4n) is 2.94. The van der Waals surface area contributed by atoms with E-state index in [0.717, 1.165) is 26.2 Å². The molecule has 1 aromatic carbocycles. The quantitative estimate of drug-likeness (QED) is 0.734. The summed E-state index contributed by atoms with van der Waals surface area (Å²) in [4.78, 5) is 31.0. The molecule has 150 valence electrons. The maximum absolute atomic E-state index is 12.9. The summed E-state index contributed by atoms with van der Waals surface area (Å²) in [6, 6.07) is 5.75. The minimum absolute atomic E-state index is 0.110. The Hall–Kier alpha value is -2.85. The Balaban J connectivity index is 1.46. The van der Waals surface area contributed by atoms with Gasteiger partial charge in [-0.2, -0.15) is 15.0 Å². The zero-order valence-electron chi connectivity index (χ0n) is 16.1. The van der Waals surface area contributed by atoms with Crippen molar-refractivity contribution in [2.75, 3.05) is 62.8 Å². The second-order valence-corrected chi connectivity index (χ2v) is 6.91. The molecular weight excluding hydrogens is 363 g/mol. The van der Waals surface area contributed by atoms with Gasteiger partial charge >= 0.3 is 0 Å². The summed E-state index contributed by atoms with van der Waals surface area (Å²) in [6.07, 6.45) is 0. The highest BCUT2D eigenvalue weighted by Gasteiger charge is 2.20. The fourth-order valence-corrected chi connectivity index (χ4v) is 2.94. The third-order valence-electron chi connectivity index (χ3n) is 4.41. The normalized spacial score (nSPS) is 15.4. The predicted molar refractivity (Wildman–Crippen MR) is 105 cm³/mol. The summed E-state index contributed by atoms with van der Waals surface area (Å²) in [7, 11) is 3.71. The van der Waals surface area contributed by atoms with Crippen molar-refractivity contribution in [3.8, 4) is 0 Å². The number of nitrogen functional groups attached to an aromatic ring is 1. The average molecular weight is 388 g/mol. The first kappa shape index (κ1) is 19.9. The molecule has 28 heavy (non-hydrogen) atoms. The van der Waals surface area contributed by atoms with Crippen molar-refractivity contribution in [1.82, 2.24) is 24.8 Å². The SMILES string of the molecule is CN(C)c1nc(N)nc(CN2CCN(CC(=O)Nc3ccc(F)cc3)CC2)n1. The summed E-state index contributed by atoms with van der Waals surface area (Å²) < 4.78 is 12.9. The molecule has 0 aliphatic carbocycles. The Kier molecular flexibility index (Phi) is 6.32. The molecule has 1 aromatic heterocycles. The van der Waals surface area contributed by atoms with E-state index >= 15 is 0 Å². The predicted octanol–water partition coefficient (Wildman–Crippen LogP) is 0.415. The Morgan fingerprint density at radius 1 is 1.11 bits per heavy atom. The summed E-state index contributed by atoms with van der Waals surface area (Å²) in [5.74, 6) is 0.954. The number of piperazine rings is 1. The number of anilines is 3. The number of nitrogens with zero attached hydrogens (tertiary/aromatic N) is 6. The van der Waals surface area contributed by atoms with E-state index in [1.54, 1.807) is 17.0 Å². The molecule has 0 radical (unpaired) electrons. The number of hydrogen-bond donors (Lipinski definition) is 2. The number of nitrogens with two attached hydrogens (primary N) is 1. The van der Waals surface area contributed by atoms with Crippen LogP contribution >= 0.6 is 0 Å². The lowest BCUT2D eigenvalue weighted by Gasteiger charge is -2.33. The molecule has 3 N–H and O–H groups in total. The summed E-state index contributed by atoms with van der Waals surface area (Å²) in [6.45, 7) is 4.01. The molecule has 0 spiro atoms.